The number of unbranched alkanes of at least 4 members (excludes halogenated alkanes) is 1. The van der Waals surface area contributed by atoms with Crippen molar-refractivity contribution in [1.29, 1.82) is 0 Å². The average molecular weight is 531 g/mol. The van der Waals surface area contributed by atoms with E-state index in [-0.39, 0.29) is 5.96 Å². The molecule has 4 unspecified atom stereocenters. The highest BCUT2D eigenvalue weighted by Crippen LogP contribution is 2.20. The van der Waals surface area contributed by atoms with Crippen LogP contribution in [0.2, 0.25) is 0 Å². The number of nitrogens with one attached hydrogen (secondary N) is 2. The number of aliphatic carboxylic acids is 1. The van der Waals surface area contributed by atoms with Crippen LogP contribution in [-0.4, -0.2) is 95.5 Å². The maximum atomic E-state index is 13.2. The molecular formula is C22H42N8O5S. The van der Waals surface area contributed by atoms with Crippen molar-refractivity contribution in [2.75, 3.05) is 31.6 Å². The molecule has 0 aromatic carbocycles. The van der Waals surface area contributed by atoms with Crippen LogP contribution < -0.4 is 33.6 Å². The maximum absolute atomic E-state index is 13.2. The number of likely N-dealkylation sites (tertiary alicyclic amines) is 1. The molecule has 0 bridgehead atoms. The van der Waals surface area contributed by atoms with Crippen molar-refractivity contribution in [2.24, 2.45) is 27.9 Å². The lowest BCUT2D eigenvalue weighted by Crippen LogP contribution is -2.57. The smallest absolute Gasteiger partial charge is 0.326 e. The van der Waals surface area contributed by atoms with Crippen molar-refractivity contribution < 1.29 is 24.3 Å². The largest absolute Gasteiger partial charge is 0.480 e. The standard InChI is InChI=1S/C22H42N8O5S/c1-36-13-9-15(28-18(31)14(24)6-4-11-27-22(25)26)19(32)29-16(7-2-3-10-23)20(33)30-12-5-8-17(30)21(34)35/h14-17H,2-13,23-24H2,1H3,(H,28,31)(H,29,32)(H,34,35)(H4,25,26,27). The maximum Gasteiger partial charge on any atom is 0.326 e. The van der Waals surface area contributed by atoms with E-state index in [2.05, 4.69) is 15.6 Å². The van der Waals surface area contributed by atoms with Crippen molar-refractivity contribution in [2.45, 2.75) is 75.5 Å². The van der Waals surface area contributed by atoms with Gasteiger partial charge in [0, 0.05) is 13.1 Å². The third kappa shape index (κ3) is 11.0. The second kappa shape index (κ2) is 17.0. The molecule has 36 heavy (non-hydrogen) atoms. The zero-order valence-electron chi connectivity index (χ0n) is 21.0. The number of carboxylic acids is 1. The van der Waals surface area contributed by atoms with Crippen molar-refractivity contribution >= 4 is 41.4 Å². The average Bonchev–Trinajstić information content (AvgIpc) is 3.33. The van der Waals surface area contributed by atoms with Gasteiger partial charge in [0.15, 0.2) is 5.96 Å². The van der Waals surface area contributed by atoms with Gasteiger partial charge in [-0.15, -0.1) is 0 Å². The van der Waals surface area contributed by atoms with E-state index in [1.807, 2.05) is 6.26 Å². The summed E-state index contributed by atoms with van der Waals surface area (Å²) in [4.78, 5) is 55.8. The number of thioether (sulfide) groups is 1. The van der Waals surface area contributed by atoms with Crippen LogP contribution in [-0.2, 0) is 19.2 Å². The molecule has 0 aromatic rings. The summed E-state index contributed by atoms with van der Waals surface area (Å²) >= 11 is 1.51. The SMILES string of the molecule is CSCCC(NC(=O)C(N)CCCN=C(N)N)C(=O)NC(CCCCN)C(=O)N1CCCC1C(=O)O. The number of nitrogens with zero attached hydrogens (tertiary/aromatic N) is 2. The van der Waals surface area contributed by atoms with Crippen LogP contribution in [0.5, 0.6) is 0 Å². The molecule has 14 heteroatoms. The lowest BCUT2D eigenvalue weighted by molar-refractivity contribution is -0.149. The fourth-order valence-corrected chi connectivity index (χ4v) is 4.42. The molecule has 1 rings (SSSR count). The highest BCUT2D eigenvalue weighted by atomic mass is 32.2. The second-order valence-electron chi connectivity index (χ2n) is 8.77. The molecule has 0 aromatic heterocycles. The summed E-state index contributed by atoms with van der Waals surface area (Å²) in [6.45, 7) is 1.09. The van der Waals surface area contributed by atoms with E-state index in [9.17, 15) is 24.3 Å². The minimum atomic E-state index is -1.06. The van der Waals surface area contributed by atoms with E-state index in [4.69, 9.17) is 22.9 Å². The number of hydrogen-bond donors (Lipinski definition) is 7. The monoisotopic (exact) mass is 530 g/mol. The Hall–Kier alpha value is -2.58. The number of carboxylic acid groups (broad SMARTS) is 1. The number of hydrogen-bond acceptors (Lipinski definition) is 8. The van der Waals surface area contributed by atoms with Crippen molar-refractivity contribution in [1.82, 2.24) is 15.5 Å². The molecular weight excluding hydrogens is 488 g/mol. The van der Waals surface area contributed by atoms with E-state index in [0.717, 1.165) is 0 Å². The number of carbonyl (C=O) groups excluding carboxylic acids is 3. The number of carbonyl (C=O) groups is 4. The number of amides is 3. The first kappa shape index (κ1) is 31.4. The number of aliphatic imine (C=N–C) groups is 1. The molecule has 0 spiro atoms. The van der Waals surface area contributed by atoms with Gasteiger partial charge in [-0.25, -0.2) is 4.79 Å². The first-order chi connectivity index (χ1) is 17.1. The molecule has 1 saturated heterocycles. The predicted octanol–water partition coefficient (Wildman–Crippen LogP) is -1.71. The molecule has 0 aliphatic carbocycles. The molecule has 1 aliphatic heterocycles. The van der Waals surface area contributed by atoms with Crippen LogP contribution in [0.25, 0.3) is 0 Å². The number of rotatable bonds is 17. The van der Waals surface area contributed by atoms with Gasteiger partial charge in [0.1, 0.15) is 18.1 Å². The van der Waals surface area contributed by atoms with E-state index in [1.54, 1.807) is 0 Å². The topological polar surface area (TPSA) is 232 Å². The van der Waals surface area contributed by atoms with Crippen LogP contribution in [0.1, 0.15) is 51.4 Å². The number of guanidine groups is 1. The highest BCUT2D eigenvalue weighted by Gasteiger charge is 2.38. The Morgan fingerprint density at radius 2 is 1.75 bits per heavy atom. The van der Waals surface area contributed by atoms with Crippen molar-refractivity contribution in [3.63, 3.8) is 0 Å². The van der Waals surface area contributed by atoms with Crippen molar-refractivity contribution in [3.8, 4) is 0 Å². The quantitative estimate of drug-likeness (QED) is 0.0639. The Morgan fingerprint density at radius 1 is 1.06 bits per heavy atom. The van der Waals surface area contributed by atoms with Crippen LogP contribution in [0.15, 0.2) is 4.99 Å². The summed E-state index contributed by atoms with van der Waals surface area (Å²) in [5.41, 5.74) is 22.1. The van der Waals surface area contributed by atoms with Crippen LogP contribution >= 0.6 is 11.8 Å². The molecule has 4 atom stereocenters. The van der Waals surface area contributed by atoms with Gasteiger partial charge in [0.05, 0.1) is 6.04 Å². The molecule has 1 fully saturated rings. The highest BCUT2D eigenvalue weighted by molar-refractivity contribution is 7.98. The number of nitrogens with two attached hydrogens (primary N) is 4. The van der Waals surface area contributed by atoms with E-state index in [1.165, 1.54) is 16.7 Å². The van der Waals surface area contributed by atoms with Gasteiger partial charge in [-0.3, -0.25) is 19.4 Å². The van der Waals surface area contributed by atoms with Gasteiger partial charge in [-0.1, -0.05) is 0 Å². The summed E-state index contributed by atoms with van der Waals surface area (Å²) in [5, 5.41) is 14.9. The Balaban J connectivity index is 2.88. The van der Waals surface area contributed by atoms with Crippen LogP contribution in [0.4, 0.5) is 0 Å². The normalized spacial score (nSPS) is 17.6. The third-order valence-corrected chi connectivity index (χ3v) is 6.57. The van der Waals surface area contributed by atoms with Gasteiger partial charge in [-0.2, -0.15) is 11.8 Å². The molecule has 0 saturated carbocycles. The zero-order chi connectivity index (χ0) is 27.1. The summed E-state index contributed by atoms with van der Waals surface area (Å²) in [6, 6.07) is -3.57. The Labute approximate surface area is 216 Å². The molecule has 13 nitrogen and oxygen atoms in total. The molecule has 1 aliphatic rings. The Kier molecular flexibility index (Phi) is 14.8. The molecule has 0 radical (unpaired) electrons. The van der Waals surface area contributed by atoms with Gasteiger partial charge >= 0.3 is 5.97 Å². The molecule has 1 heterocycles. The van der Waals surface area contributed by atoms with Gasteiger partial charge in [0.25, 0.3) is 0 Å². The fraction of sp³-hybridized carbons (Fsp3) is 0.773. The lowest BCUT2D eigenvalue weighted by Gasteiger charge is -2.29. The third-order valence-electron chi connectivity index (χ3n) is 5.93. The zero-order valence-corrected chi connectivity index (χ0v) is 21.8. The van der Waals surface area contributed by atoms with E-state index >= 15 is 0 Å². The predicted molar refractivity (Wildman–Crippen MR) is 140 cm³/mol. The summed E-state index contributed by atoms with van der Waals surface area (Å²) < 4.78 is 0. The summed E-state index contributed by atoms with van der Waals surface area (Å²) in [5.74, 6) is -1.94. The fourth-order valence-electron chi connectivity index (χ4n) is 3.94. The second-order valence-corrected chi connectivity index (χ2v) is 9.76. The van der Waals surface area contributed by atoms with Crippen molar-refractivity contribution in [3.05, 3.63) is 0 Å². The van der Waals surface area contributed by atoms with Crippen LogP contribution in [0, 0.1) is 0 Å². The summed E-state index contributed by atoms with van der Waals surface area (Å²) in [7, 11) is 0. The molecule has 206 valence electrons. The molecule has 11 N–H and O–H groups in total. The van der Waals surface area contributed by atoms with Gasteiger partial charge in [0.2, 0.25) is 17.7 Å². The van der Waals surface area contributed by atoms with Gasteiger partial charge in [-0.05, 0) is 69.9 Å². The Bertz CT molecular complexity index is 765. The lowest BCUT2D eigenvalue weighted by atomic mass is 10.1. The first-order valence-electron chi connectivity index (χ1n) is 12.3. The minimum absolute atomic E-state index is 0.0407. The first-order valence-corrected chi connectivity index (χ1v) is 13.7. The summed E-state index contributed by atoms with van der Waals surface area (Å²) in [6.07, 6.45) is 5.55. The van der Waals surface area contributed by atoms with Crippen LogP contribution in [0.3, 0.4) is 0 Å². The van der Waals surface area contributed by atoms with E-state index in [0.29, 0.717) is 76.8 Å². The Morgan fingerprint density at radius 3 is 2.36 bits per heavy atom. The van der Waals surface area contributed by atoms with Gasteiger partial charge < -0.3 is 43.6 Å². The molecule has 3 amide bonds. The van der Waals surface area contributed by atoms with E-state index < -0.39 is 47.9 Å². The minimum Gasteiger partial charge on any atom is -0.480 e.